The van der Waals surface area contributed by atoms with Crippen molar-refractivity contribution in [2.45, 2.75) is 36.0 Å². The molecule has 0 aliphatic carbocycles. The van der Waals surface area contributed by atoms with E-state index in [1.807, 2.05) is 23.5 Å². The molecular weight excluding hydrogens is 505 g/mol. The predicted molar refractivity (Wildman–Crippen MR) is 165 cm³/mol. The number of fused-ring (bicyclic) bond motifs is 2. The minimum atomic E-state index is 0.686. The Kier molecular flexibility index (Phi) is 9.52. The fraction of sp³-hybridized carbons (Fsp3) is 0.235. The second-order valence-corrected chi connectivity index (χ2v) is 11.5. The first-order valence-corrected chi connectivity index (χ1v) is 15.4. The molecule has 4 heteroatoms. The number of hydrogen-bond acceptors (Lipinski definition) is 4. The summed E-state index contributed by atoms with van der Waals surface area (Å²) in [4.78, 5) is 2.61. The van der Waals surface area contributed by atoms with Crippen LogP contribution < -0.4 is 9.47 Å². The maximum absolute atomic E-state index is 6.54. The van der Waals surface area contributed by atoms with Crippen LogP contribution in [0.2, 0.25) is 0 Å². The van der Waals surface area contributed by atoms with Gasteiger partial charge in [-0.15, -0.1) is 23.5 Å². The molecule has 0 saturated carbocycles. The van der Waals surface area contributed by atoms with Gasteiger partial charge in [0.15, 0.2) is 0 Å². The second-order valence-electron chi connectivity index (χ2n) is 9.16. The molecule has 0 amide bonds. The lowest BCUT2D eigenvalue weighted by Crippen LogP contribution is -2.03. The van der Waals surface area contributed by atoms with Crippen molar-refractivity contribution >= 4 is 45.1 Å². The highest BCUT2D eigenvalue weighted by molar-refractivity contribution is 7.99. The van der Waals surface area contributed by atoms with E-state index in [0.717, 1.165) is 63.8 Å². The van der Waals surface area contributed by atoms with Crippen LogP contribution in [-0.4, -0.2) is 24.7 Å². The van der Waals surface area contributed by atoms with Gasteiger partial charge < -0.3 is 9.47 Å². The maximum atomic E-state index is 6.54. The van der Waals surface area contributed by atoms with Gasteiger partial charge in [-0.2, -0.15) is 0 Å². The van der Waals surface area contributed by atoms with Crippen molar-refractivity contribution < 1.29 is 9.47 Å². The first-order valence-electron chi connectivity index (χ1n) is 13.4. The lowest BCUT2D eigenvalue weighted by Gasteiger charge is -2.18. The van der Waals surface area contributed by atoms with Crippen LogP contribution in [0.1, 0.15) is 25.3 Å². The van der Waals surface area contributed by atoms with Crippen LogP contribution in [0.4, 0.5) is 0 Å². The molecule has 0 radical (unpaired) electrons. The molecule has 0 bridgehead atoms. The topological polar surface area (TPSA) is 18.5 Å². The van der Waals surface area contributed by atoms with E-state index in [1.165, 1.54) is 15.4 Å². The largest absolute Gasteiger partial charge is 0.492 e. The summed E-state index contributed by atoms with van der Waals surface area (Å²) in [6.07, 6.45) is 2.96. The smallest absolute Gasteiger partial charge is 0.135 e. The summed E-state index contributed by atoms with van der Waals surface area (Å²) in [6, 6.07) is 36.4. The van der Waals surface area contributed by atoms with E-state index in [2.05, 4.69) is 110 Å². The van der Waals surface area contributed by atoms with Crippen molar-refractivity contribution in [3.63, 3.8) is 0 Å². The molecule has 0 unspecified atom stereocenters. The predicted octanol–water partition coefficient (Wildman–Crippen LogP) is 9.68. The molecule has 0 aliphatic heterocycles. The number of aryl methyl sites for hydroxylation is 1. The third-order valence-corrected chi connectivity index (χ3v) is 8.69. The van der Waals surface area contributed by atoms with E-state index in [9.17, 15) is 0 Å². The Morgan fingerprint density at radius 3 is 1.53 bits per heavy atom. The highest BCUT2D eigenvalue weighted by atomic mass is 32.2. The molecular formula is C34H34O2S2. The van der Waals surface area contributed by atoms with E-state index in [-0.39, 0.29) is 0 Å². The molecule has 0 heterocycles. The van der Waals surface area contributed by atoms with E-state index >= 15 is 0 Å². The number of benzene rings is 5. The molecule has 194 valence electrons. The van der Waals surface area contributed by atoms with E-state index in [0.29, 0.717) is 13.2 Å². The summed E-state index contributed by atoms with van der Waals surface area (Å²) in [6.45, 7) is 3.57. The van der Waals surface area contributed by atoms with Gasteiger partial charge in [0.05, 0.1) is 13.2 Å². The zero-order valence-corrected chi connectivity index (χ0v) is 23.5. The normalized spacial score (nSPS) is 11.2. The van der Waals surface area contributed by atoms with Crippen LogP contribution in [-0.2, 0) is 6.42 Å². The molecule has 5 aromatic carbocycles. The standard InChI is InChI=1S/C34H34O2S2/c1-2-26-19-20-31-32(25-26)34(36-22-12-24-38-28-15-7-4-8-16-28)30-18-10-9-17-29(30)33(31)35-21-11-23-37-27-13-5-3-6-14-27/h3-10,13-20,25H,2,11-12,21-24H2,1H3. The van der Waals surface area contributed by atoms with E-state index in [1.54, 1.807) is 0 Å². The molecule has 5 aromatic rings. The Morgan fingerprint density at radius 1 is 0.526 bits per heavy atom. The lowest BCUT2D eigenvalue weighted by molar-refractivity contribution is 0.321. The summed E-state index contributed by atoms with van der Waals surface area (Å²) in [5, 5.41) is 4.52. The minimum absolute atomic E-state index is 0.686. The molecule has 0 saturated heterocycles. The maximum Gasteiger partial charge on any atom is 0.135 e. The van der Waals surface area contributed by atoms with E-state index < -0.39 is 0 Å². The molecule has 2 nitrogen and oxygen atoms in total. The van der Waals surface area contributed by atoms with Gasteiger partial charge in [-0.25, -0.2) is 0 Å². The van der Waals surface area contributed by atoms with Crippen LogP contribution in [0.3, 0.4) is 0 Å². The zero-order chi connectivity index (χ0) is 26.0. The number of rotatable bonds is 13. The van der Waals surface area contributed by atoms with Crippen molar-refractivity contribution in [3.8, 4) is 11.5 Å². The Balaban J connectivity index is 1.33. The first kappa shape index (κ1) is 26.5. The Morgan fingerprint density at radius 2 is 1.00 bits per heavy atom. The molecule has 5 rings (SSSR count). The van der Waals surface area contributed by atoms with Crippen LogP contribution in [0.15, 0.2) is 113 Å². The highest BCUT2D eigenvalue weighted by Gasteiger charge is 2.16. The monoisotopic (exact) mass is 538 g/mol. The highest BCUT2D eigenvalue weighted by Crippen LogP contribution is 2.43. The fourth-order valence-electron chi connectivity index (χ4n) is 4.56. The minimum Gasteiger partial charge on any atom is -0.492 e. The van der Waals surface area contributed by atoms with Crippen LogP contribution >= 0.6 is 23.5 Å². The van der Waals surface area contributed by atoms with Crippen molar-refractivity contribution in [1.29, 1.82) is 0 Å². The lowest BCUT2D eigenvalue weighted by atomic mass is 9.98. The summed E-state index contributed by atoms with van der Waals surface area (Å²) in [7, 11) is 0. The molecule has 0 atom stereocenters. The van der Waals surface area contributed by atoms with Gasteiger partial charge in [0.25, 0.3) is 0 Å². The van der Waals surface area contributed by atoms with Crippen molar-refractivity contribution in [3.05, 3.63) is 109 Å². The SMILES string of the molecule is CCc1ccc2c(OCCCSc3ccccc3)c3ccccc3c(OCCCSc3ccccc3)c2c1. The van der Waals surface area contributed by atoms with E-state index in [4.69, 9.17) is 9.47 Å². The Hall–Kier alpha value is -3.08. The van der Waals surface area contributed by atoms with Gasteiger partial charge in [0.1, 0.15) is 11.5 Å². The van der Waals surface area contributed by atoms with Gasteiger partial charge >= 0.3 is 0 Å². The average Bonchev–Trinajstić information content (AvgIpc) is 2.98. The van der Waals surface area contributed by atoms with Gasteiger partial charge in [-0.05, 0) is 55.2 Å². The van der Waals surface area contributed by atoms with Crippen molar-refractivity contribution in [1.82, 2.24) is 0 Å². The summed E-state index contributed by atoms with van der Waals surface area (Å²) in [5.41, 5.74) is 1.31. The third-order valence-electron chi connectivity index (χ3n) is 6.49. The molecule has 0 fully saturated rings. The quantitative estimate of drug-likeness (QED) is 0.0843. The van der Waals surface area contributed by atoms with Gasteiger partial charge in [-0.3, -0.25) is 0 Å². The number of thioether (sulfide) groups is 2. The zero-order valence-electron chi connectivity index (χ0n) is 21.9. The van der Waals surface area contributed by atoms with Crippen LogP contribution in [0.25, 0.3) is 21.5 Å². The average molecular weight is 539 g/mol. The molecule has 0 aliphatic rings. The number of ether oxygens (including phenoxy) is 2. The summed E-state index contributed by atoms with van der Waals surface area (Å²) < 4.78 is 13.1. The van der Waals surface area contributed by atoms with Gasteiger partial charge in [-0.1, -0.05) is 79.7 Å². The summed E-state index contributed by atoms with van der Waals surface area (Å²) >= 11 is 3.76. The second kappa shape index (κ2) is 13.6. The van der Waals surface area contributed by atoms with Gasteiger partial charge in [0.2, 0.25) is 0 Å². The van der Waals surface area contributed by atoms with Gasteiger partial charge in [0, 0.05) is 42.8 Å². The van der Waals surface area contributed by atoms with Crippen LogP contribution in [0, 0.1) is 0 Å². The fourth-order valence-corrected chi connectivity index (χ4v) is 6.25. The van der Waals surface area contributed by atoms with Crippen molar-refractivity contribution in [2.75, 3.05) is 24.7 Å². The third kappa shape index (κ3) is 6.67. The Bertz CT molecular complexity index is 1450. The molecule has 0 aromatic heterocycles. The number of hydrogen-bond donors (Lipinski definition) is 0. The molecule has 38 heavy (non-hydrogen) atoms. The first-order chi connectivity index (χ1) is 18.8. The summed E-state index contributed by atoms with van der Waals surface area (Å²) in [5.74, 6) is 4.00. The Labute approximate surface area is 234 Å². The molecule has 0 spiro atoms. The molecule has 0 N–H and O–H groups in total. The van der Waals surface area contributed by atoms with Crippen molar-refractivity contribution in [2.24, 2.45) is 0 Å². The van der Waals surface area contributed by atoms with Crippen LogP contribution in [0.5, 0.6) is 11.5 Å².